The summed E-state index contributed by atoms with van der Waals surface area (Å²) in [6.45, 7) is 10.2. The Morgan fingerprint density at radius 2 is 1.90 bits per heavy atom. The zero-order chi connectivity index (χ0) is 20.5. The predicted octanol–water partition coefficient (Wildman–Crippen LogP) is 4.63. The van der Waals surface area contributed by atoms with Crippen LogP contribution in [0.4, 0.5) is 0 Å². The molecule has 0 aliphatic carbocycles. The van der Waals surface area contributed by atoms with E-state index in [0.717, 1.165) is 62.1 Å². The molecule has 0 spiro atoms. The SMILES string of the molecule is CCNC(=NCc1coc(-c2ccc(C)cc2)n1)NCC1(SCC)CCOCC1.I. The Kier molecular flexibility index (Phi) is 10.5. The van der Waals surface area contributed by atoms with Crippen LogP contribution in [0, 0.1) is 6.92 Å². The minimum Gasteiger partial charge on any atom is -0.444 e. The number of benzene rings is 1. The number of guanidine groups is 1. The summed E-state index contributed by atoms with van der Waals surface area (Å²) < 4.78 is 11.4. The third-order valence-electron chi connectivity index (χ3n) is 5.03. The summed E-state index contributed by atoms with van der Waals surface area (Å²) in [5.41, 5.74) is 3.02. The summed E-state index contributed by atoms with van der Waals surface area (Å²) in [6, 6.07) is 8.17. The number of nitrogens with one attached hydrogen (secondary N) is 2. The van der Waals surface area contributed by atoms with Crippen LogP contribution in [-0.4, -0.2) is 47.7 Å². The number of aromatic nitrogens is 1. The van der Waals surface area contributed by atoms with Crippen molar-refractivity contribution in [3.8, 4) is 11.5 Å². The van der Waals surface area contributed by atoms with Crippen molar-refractivity contribution in [2.45, 2.75) is 44.9 Å². The molecule has 2 N–H and O–H groups in total. The zero-order valence-corrected chi connectivity index (χ0v) is 21.2. The molecule has 0 amide bonds. The molecule has 166 valence electrons. The molecule has 1 aliphatic rings. The first-order valence-electron chi connectivity index (χ1n) is 10.4. The van der Waals surface area contributed by atoms with Gasteiger partial charge in [0.05, 0.1) is 6.54 Å². The van der Waals surface area contributed by atoms with Crippen molar-refractivity contribution < 1.29 is 9.15 Å². The Labute approximate surface area is 201 Å². The minimum absolute atomic E-state index is 0. The van der Waals surface area contributed by atoms with E-state index in [9.17, 15) is 0 Å². The molecule has 2 heterocycles. The van der Waals surface area contributed by atoms with Gasteiger partial charge in [0.1, 0.15) is 12.0 Å². The van der Waals surface area contributed by atoms with Gasteiger partial charge in [-0.05, 0) is 44.6 Å². The Bertz CT molecular complexity index is 783. The lowest BCUT2D eigenvalue weighted by Gasteiger charge is -2.37. The van der Waals surface area contributed by atoms with Crippen molar-refractivity contribution in [3.63, 3.8) is 0 Å². The Balaban J connectivity index is 0.00000320. The van der Waals surface area contributed by atoms with E-state index in [1.54, 1.807) is 6.26 Å². The van der Waals surface area contributed by atoms with Gasteiger partial charge in [-0.1, -0.05) is 24.6 Å². The number of ether oxygens (including phenoxy) is 1. The van der Waals surface area contributed by atoms with Crippen molar-refractivity contribution in [2.75, 3.05) is 32.1 Å². The molecule has 1 saturated heterocycles. The highest BCUT2D eigenvalue weighted by molar-refractivity contribution is 14.0. The van der Waals surface area contributed by atoms with Gasteiger partial charge in [-0.15, -0.1) is 24.0 Å². The van der Waals surface area contributed by atoms with E-state index in [1.807, 2.05) is 23.9 Å². The number of halogens is 1. The van der Waals surface area contributed by atoms with E-state index in [2.05, 4.69) is 48.5 Å². The van der Waals surface area contributed by atoms with Crippen LogP contribution in [0.1, 0.15) is 37.9 Å². The maximum Gasteiger partial charge on any atom is 0.226 e. The van der Waals surface area contributed by atoms with Gasteiger partial charge in [-0.2, -0.15) is 11.8 Å². The molecular formula is C22H33IN4O2S. The molecule has 0 atom stereocenters. The van der Waals surface area contributed by atoms with E-state index in [1.165, 1.54) is 5.56 Å². The second-order valence-electron chi connectivity index (χ2n) is 7.29. The third-order valence-corrected chi connectivity index (χ3v) is 6.48. The summed E-state index contributed by atoms with van der Waals surface area (Å²) in [7, 11) is 0. The molecular weight excluding hydrogens is 511 g/mol. The average Bonchev–Trinajstić information content (AvgIpc) is 3.21. The molecule has 0 bridgehead atoms. The van der Waals surface area contributed by atoms with Crippen LogP contribution in [0.3, 0.4) is 0 Å². The largest absolute Gasteiger partial charge is 0.444 e. The molecule has 0 radical (unpaired) electrons. The van der Waals surface area contributed by atoms with Crippen molar-refractivity contribution in [1.29, 1.82) is 0 Å². The Morgan fingerprint density at radius 3 is 2.57 bits per heavy atom. The maximum atomic E-state index is 5.65. The predicted molar refractivity (Wildman–Crippen MR) is 136 cm³/mol. The third kappa shape index (κ3) is 7.16. The molecule has 1 fully saturated rings. The molecule has 2 aromatic rings. The number of hydrogen-bond acceptors (Lipinski definition) is 5. The first-order chi connectivity index (χ1) is 14.1. The van der Waals surface area contributed by atoms with Crippen molar-refractivity contribution in [3.05, 3.63) is 41.8 Å². The molecule has 3 rings (SSSR count). The summed E-state index contributed by atoms with van der Waals surface area (Å²) in [4.78, 5) is 9.30. The van der Waals surface area contributed by atoms with Crippen LogP contribution >= 0.6 is 35.7 Å². The van der Waals surface area contributed by atoms with Crippen LogP contribution in [0.25, 0.3) is 11.5 Å². The molecule has 1 aromatic heterocycles. The van der Waals surface area contributed by atoms with Crippen molar-refractivity contribution in [1.82, 2.24) is 15.6 Å². The second kappa shape index (κ2) is 12.6. The van der Waals surface area contributed by atoms with Crippen LogP contribution in [0.2, 0.25) is 0 Å². The zero-order valence-electron chi connectivity index (χ0n) is 18.1. The highest BCUT2D eigenvalue weighted by Crippen LogP contribution is 2.34. The van der Waals surface area contributed by atoms with Crippen LogP contribution in [0.5, 0.6) is 0 Å². The van der Waals surface area contributed by atoms with Crippen molar-refractivity contribution >= 4 is 41.7 Å². The second-order valence-corrected chi connectivity index (χ2v) is 9.02. The van der Waals surface area contributed by atoms with Gasteiger partial charge in [-0.3, -0.25) is 0 Å². The highest BCUT2D eigenvalue weighted by atomic mass is 127. The highest BCUT2D eigenvalue weighted by Gasteiger charge is 2.32. The van der Waals surface area contributed by atoms with E-state index in [0.29, 0.717) is 12.4 Å². The first-order valence-corrected chi connectivity index (χ1v) is 11.4. The topological polar surface area (TPSA) is 71.7 Å². The number of hydrogen-bond donors (Lipinski definition) is 2. The number of aryl methyl sites for hydroxylation is 1. The first kappa shape index (κ1) is 25.0. The smallest absolute Gasteiger partial charge is 0.226 e. The number of aliphatic imine (C=N–C) groups is 1. The maximum absolute atomic E-state index is 5.65. The van der Waals surface area contributed by atoms with Gasteiger partial charge in [0.15, 0.2) is 5.96 Å². The normalized spacial score (nSPS) is 16.0. The summed E-state index contributed by atoms with van der Waals surface area (Å²) in [6.07, 6.45) is 3.83. The fraction of sp³-hybridized carbons (Fsp3) is 0.545. The summed E-state index contributed by atoms with van der Waals surface area (Å²) >= 11 is 2.02. The van der Waals surface area contributed by atoms with E-state index < -0.39 is 0 Å². The van der Waals surface area contributed by atoms with E-state index in [-0.39, 0.29) is 28.7 Å². The van der Waals surface area contributed by atoms with Gasteiger partial charge in [0, 0.05) is 36.6 Å². The minimum atomic E-state index is 0. The number of nitrogens with zero attached hydrogens (tertiary/aromatic N) is 2. The van der Waals surface area contributed by atoms with E-state index >= 15 is 0 Å². The summed E-state index contributed by atoms with van der Waals surface area (Å²) in [5, 5.41) is 6.87. The molecule has 6 nitrogen and oxygen atoms in total. The lowest BCUT2D eigenvalue weighted by atomic mass is 9.99. The lowest BCUT2D eigenvalue weighted by molar-refractivity contribution is 0.0782. The van der Waals surface area contributed by atoms with Crippen LogP contribution < -0.4 is 10.6 Å². The van der Waals surface area contributed by atoms with E-state index in [4.69, 9.17) is 14.1 Å². The Hall–Kier alpha value is -1.26. The number of oxazole rings is 1. The standard InChI is InChI=1S/C22H32N4O2S.HI/c1-4-23-21(25-16-22(29-5-2)10-12-27-13-11-22)24-14-19-15-28-20(26-19)18-8-6-17(3)7-9-18;/h6-9,15H,4-5,10-14,16H2,1-3H3,(H2,23,24,25);1H. The number of rotatable bonds is 8. The lowest BCUT2D eigenvalue weighted by Crippen LogP contribution is -2.48. The van der Waals surface area contributed by atoms with Crippen LogP contribution in [-0.2, 0) is 11.3 Å². The fourth-order valence-electron chi connectivity index (χ4n) is 3.38. The van der Waals surface area contributed by atoms with Gasteiger partial charge in [0.25, 0.3) is 0 Å². The molecule has 30 heavy (non-hydrogen) atoms. The molecule has 1 aliphatic heterocycles. The fourth-order valence-corrected chi connectivity index (χ4v) is 4.62. The monoisotopic (exact) mass is 544 g/mol. The van der Waals surface area contributed by atoms with Gasteiger partial charge in [0.2, 0.25) is 5.89 Å². The number of thioether (sulfide) groups is 1. The Morgan fingerprint density at radius 1 is 1.17 bits per heavy atom. The molecule has 0 unspecified atom stereocenters. The average molecular weight is 545 g/mol. The molecule has 0 saturated carbocycles. The molecule has 1 aromatic carbocycles. The van der Waals surface area contributed by atoms with Gasteiger partial charge in [-0.25, -0.2) is 9.98 Å². The quantitative estimate of drug-likeness (QED) is 0.287. The van der Waals surface area contributed by atoms with Gasteiger partial charge < -0.3 is 19.8 Å². The van der Waals surface area contributed by atoms with Crippen molar-refractivity contribution in [2.24, 2.45) is 4.99 Å². The van der Waals surface area contributed by atoms with Gasteiger partial charge >= 0.3 is 0 Å². The van der Waals surface area contributed by atoms with Crippen LogP contribution in [0.15, 0.2) is 39.9 Å². The molecule has 8 heteroatoms. The summed E-state index contributed by atoms with van der Waals surface area (Å²) in [5.74, 6) is 2.56.